The van der Waals surface area contributed by atoms with Gasteiger partial charge in [-0.05, 0) is 43.4 Å². The summed E-state index contributed by atoms with van der Waals surface area (Å²) in [5.74, 6) is 0.869. The molecule has 0 aliphatic heterocycles. The molecule has 0 fully saturated rings. The minimum Gasteiger partial charge on any atom is -0.357 e. The molecule has 1 atom stereocenters. The van der Waals surface area contributed by atoms with E-state index in [-0.39, 0.29) is 24.0 Å². The van der Waals surface area contributed by atoms with Gasteiger partial charge in [0.15, 0.2) is 5.96 Å². The SMILES string of the molecule is CCNC(=NCc1cccc(Cn2ccnc2)c1)NC(C)CCc1ccccc1.I. The molecule has 0 aliphatic rings. The third-order valence-electron chi connectivity index (χ3n) is 4.77. The maximum atomic E-state index is 4.79. The molecule has 1 unspecified atom stereocenters. The van der Waals surface area contributed by atoms with Gasteiger partial charge >= 0.3 is 0 Å². The summed E-state index contributed by atoms with van der Waals surface area (Å²) >= 11 is 0. The van der Waals surface area contributed by atoms with Crippen molar-refractivity contribution in [2.45, 2.75) is 45.8 Å². The van der Waals surface area contributed by atoms with Crippen molar-refractivity contribution < 1.29 is 0 Å². The Morgan fingerprint density at radius 3 is 2.57 bits per heavy atom. The second-order valence-corrected chi connectivity index (χ2v) is 7.32. The number of nitrogens with zero attached hydrogens (tertiary/aromatic N) is 3. The van der Waals surface area contributed by atoms with Crippen LogP contribution in [0.1, 0.15) is 37.0 Å². The molecule has 30 heavy (non-hydrogen) atoms. The van der Waals surface area contributed by atoms with Crippen LogP contribution in [-0.4, -0.2) is 28.1 Å². The van der Waals surface area contributed by atoms with Crippen molar-refractivity contribution in [2.75, 3.05) is 6.54 Å². The number of hydrogen-bond acceptors (Lipinski definition) is 2. The fraction of sp³-hybridized carbons (Fsp3) is 0.333. The normalized spacial score (nSPS) is 12.1. The highest BCUT2D eigenvalue weighted by Crippen LogP contribution is 2.09. The average Bonchev–Trinajstić information content (AvgIpc) is 3.25. The Kier molecular flexibility index (Phi) is 10.4. The van der Waals surface area contributed by atoms with Crippen LogP contribution in [0.15, 0.2) is 78.3 Å². The van der Waals surface area contributed by atoms with Crippen LogP contribution >= 0.6 is 24.0 Å². The quantitative estimate of drug-likeness (QED) is 0.247. The van der Waals surface area contributed by atoms with Crippen LogP contribution < -0.4 is 10.6 Å². The van der Waals surface area contributed by atoms with Gasteiger partial charge in [0.1, 0.15) is 0 Å². The second-order valence-electron chi connectivity index (χ2n) is 7.32. The van der Waals surface area contributed by atoms with Crippen molar-refractivity contribution in [1.29, 1.82) is 0 Å². The van der Waals surface area contributed by atoms with E-state index in [9.17, 15) is 0 Å². The lowest BCUT2D eigenvalue weighted by molar-refractivity contribution is 0.593. The molecule has 5 nitrogen and oxygen atoms in total. The number of aliphatic imine (C=N–C) groups is 1. The van der Waals surface area contributed by atoms with Gasteiger partial charge in [0, 0.05) is 31.5 Å². The molecule has 6 heteroatoms. The van der Waals surface area contributed by atoms with Gasteiger partial charge in [-0.15, -0.1) is 24.0 Å². The minimum absolute atomic E-state index is 0. The topological polar surface area (TPSA) is 54.2 Å². The van der Waals surface area contributed by atoms with E-state index in [4.69, 9.17) is 4.99 Å². The third kappa shape index (κ3) is 8.18. The first-order chi connectivity index (χ1) is 14.2. The molecule has 0 amide bonds. The lowest BCUT2D eigenvalue weighted by Crippen LogP contribution is -2.42. The van der Waals surface area contributed by atoms with E-state index in [0.717, 1.165) is 31.9 Å². The molecule has 0 saturated heterocycles. The molecule has 2 N–H and O–H groups in total. The van der Waals surface area contributed by atoms with E-state index in [1.807, 2.05) is 18.7 Å². The summed E-state index contributed by atoms with van der Waals surface area (Å²) in [6, 6.07) is 19.6. The zero-order chi connectivity index (χ0) is 20.3. The second kappa shape index (κ2) is 13.1. The number of rotatable bonds is 9. The van der Waals surface area contributed by atoms with Crippen LogP contribution in [0.25, 0.3) is 0 Å². The van der Waals surface area contributed by atoms with Crippen molar-refractivity contribution in [3.05, 3.63) is 90.0 Å². The molecule has 3 rings (SSSR count). The molecule has 0 spiro atoms. The van der Waals surface area contributed by atoms with Gasteiger partial charge < -0.3 is 15.2 Å². The number of halogens is 1. The van der Waals surface area contributed by atoms with E-state index in [0.29, 0.717) is 12.6 Å². The third-order valence-corrected chi connectivity index (χ3v) is 4.77. The van der Waals surface area contributed by atoms with Crippen LogP contribution in [0, 0.1) is 0 Å². The Bertz CT molecular complexity index is 878. The summed E-state index contributed by atoms with van der Waals surface area (Å²) in [6.45, 7) is 6.63. The Balaban J connectivity index is 0.00000320. The Morgan fingerprint density at radius 2 is 1.83 bits per heavy atom. The zero-order valence-electron chi connectivity index (χ0n) is 17.8. The number of aryl methyl sites for hydroxylation is 1. The first kappa shape index (κ1) is 23.9. The van der Waals surface area contributed by atoms with Crippen LogP contribution in [-0.2, 0) is 19.5 Å². The average molecular weight is 517 g/mol. The molecule has 1 heterocycles. The summed E-state index contributed by atoms with van der Waals surface area (Å²) in [5, 5.41) is 6.90. The first-order valence-electron chi connectivity index (χ1n) is 10.3. The monoisotopic (exact) mass is 517 g/mol. The number of imidazole rings is 1. The summed E-state index contributed by atoms with van der Waals surface area (Å²) < 4.78 is 2.07. The molecular formula is C24H32IN5. The van der Waals surface area contributed by atoms with Crippen molar-refractivity contribution in [3.8, 4) is 0 Å². The van der Waals surface area contributed by atoms with Crippen LogP contribution in [0.5, 0.6) is 0 Å². The predicted octanol–water partition coefficient (Wildman–Crippen LogP) is 4.63. The van der Waals surface area contributed by atoms with E-state index in [2.05, 4.69) is 88.6 Å². The Labute approximate surface area is 197 Å². The van der Waals surface area contributed by atoms with Crippen molar-refractivity contribution >= 4 is 29.9 Å². The fourth-order valence-electron chi connectivity index (χ4n) is 3.24. The van der Waals surface area contributed by atoms with Crippen molar-refractivity contribution in [3.63, 3.8) is 0 Å². The highest BCUT2D eigenvalue weighted by molar-refractivity contribution is 14.0. The van der Waals surface area contributed by atoms with E-state index in [1.165, 1.54) is 16.7 Å². The Morgan fingerprint density at radius 1 is 1.07 bits per heavy atom. The van der Waals surface area contributed by atoms with Gasteiger partial charge in [-0.3, -0.25) is 0 Å². The number of hydrogen-bond donors (Lipinski definition) is 2. The standard InChI is InChI=1S/C24H31N5.HI/c1-3-26-24(28-20(2)12-13-21-8-5-4-6-9-21)27-17-22-10-7-11-23(16-22)18-29-15-14-25-19-29;/h4-11,14-16,19-20H,3,12-13,17-18H2,1-2H3,(H2,26,27,28);1H. The van der Waals surface area contributed by atoms with Crippen LogP contribution in [0.3, 0.4) is 0 Å². The summed E-state index contributed by atoms with van der Waals surface area (Å²) in [6.07, 6.45) is 7.75. The lowest BCUT2D eigenvalue weighted by atomic mass is 10.1. The maximum Gasteiger partial charge on any atom is 0.191 e. The molecule has 3 aromatic rings. The molecule has 160 valence electrons. The minimum atomic E-state index is 0. The van der Waals surface area contributed by atoms with Gasteiger partial charge in [0.05, 0.1) is 12.9 Å². The van der Waals surface area contributed by atoms with Crippen LogP contribution in [0.4, 0.5) is 0 Å². The molecule has 0 bridgehead atoms. The number of benzene rings is 2. The predicted molar refractivity (Wildman–Crippen MR) is 135 cm³/mol. The lowest BCUT2D eigenvalue weighted by Gasteiger charge is -2.18. The van der Waals surface area contributed by atoms with Gasteiger partial charge in [-0.25, -0.2) is 9.98 Å². The van der Waals surface area contributed by atoms with Crippen LogP contribution in [0.2, 0.25) is 0 Å². The Hall–Kier alpha value is -2.35. The zero-order valence-corrected chi connectivity index (χ0v) is 20.1. The summed E-state index contributed by atoms with van der Waals surface area (Å²) in [4.78, 5) is 8.90. The molecule has 2 aromatic carbocycles. The molecule has 1 aromatic heterocycles. The van der Waals surface area contributed by atoms with Gasteiger partial charge in [-0.2, -0.15) is 0 Å². The highest BCUT2D eigenvalue weighted by atomic mass is 127. The number of nitrogens with one attached hydrogen (secondary N) is 2. The molecular weight excluding hydrogens is 485 g/mol. The van der Waals surface area contributed by atoms with Gasteiger partial charge in [0.2, 0.25) is 0 Å². The summed E-state index contributed by atoms with van der Waals surface area (Å²) in [5.41, 5.74) is 3.83. The highest BCUT2D eigenvalue weighted by Gasteiger charge is 2.06. The largest absolute Gasteiger partial charge is 0.357 e. The first-order valence-corrected chi connectivity index (χ1v) is 10.3. The fourth-order valence-corrected chi connectivity index (χ4v) is 3.24. The maximum absolute atomic E-state index is 4.79. The smallest absolute Gasteiger partial charge is 0.191 e. The van der Waals surface area contributed by atoms with Crippen molar-refractivity contribution in [1.82, 2.24) is 20.2 Å². The van der Waals surface area contributed by atoms with Crippen molar-refractivity contribution in [2.24, 2.45) is 4.99 Å². The summed E-state index contributed by atoms with van der Waals surface area (Å²) in [7, 11) is 0. The van der Waals surface area contributed by atoms with Gasteiger partial charge in [-0.1, -0.05) is 54.6 Å². The van der Waals surface area contributed by atoms with E-state index >= 15 is 0 Å². The molecule has 0 radical (unpaired) electrons. The van der Waals surface area contributed by atoms with Gasteiger partial charge in [0.25, 0.3) is 0 Å². The molecule has 0 aliphatic carbocycles. The van der Waals surface area contributed by atoms with E-state index < -0.39 is 0 Å². The molecule has 0 saturated carbocycles. The number of guanidine groups is 1. The van der Waals surface area contributed by atoms with E-state index in [1.54, 1.807) is 0 Å². The number of aromatic nitrogens is 2.